The molecule has 1 atom stereocenters. The second-order valence-electron chi connectivity index (χ2n) is 4.83. The smallest absolute Gasteiger partial charge is 0.157 e. The number of hydrogen-bond donors (Lipinski definition) is 1. The van der Waals surface area contributed by atoms with Crippen LogP contribution in [0.3, 0.4) is 0 Å². The van der Waals surface area contributed by atoms with Crippen molar-refractivity contribution in [3.8, 4) is 0 Å². The molecule has 0 spiro atoms. The summed E-state index contributed by atoms with van der Waals surface area (Å²) < 4.78 is 1.89. The summed E-state index contributed by atoms with van der Waals surface area (Å²) in [5, 5.41) is 8.79. The van der Waals surface area contributed by atoms with Crippen molar-refractivity contribution < 1.29 is 0 Å². The van der Waals surface area contributed by atoms with E-state index in [1.165, 1.54) is 11.3 Å². The van der Waals surface area contributed by atoms with Crippen molar-refractivity contribution >= 4 is 16.9 Å². The van der Waals surface area contributed by atoms with Crippen LogP contribution in [0.25, 0.3) is 0 Å². The van der Waals surface area contributed by atoms with Gasteiger partial charge in [0.15, 0.2) is 5.17 Å². The SMILES string of the molecule is CCC1(C)CSC(=NCc2cnn(C)c2C)N1. The Bertz CT molecular complexity index is 438. The lowest BCUT2D eigenvalue weighted by Gasteiger charge is -2.20. The van der Waals surface area contributed by atoms with Crippen LogP contribution in [-0.2, 0) is 13.6 Å². The third-order valence-electron chi connectivity index (χ3n) is 3.45. The fourth-order valence-corrected chi connectivity index (χ4v) is 2.90. The molecule has 4 nitrogen and oxygen atoms in total. The first-order valence-corrected chi connectivity index (χ1v) is 6.95. The molecule has 0 saturated carbocycles. The van der Waals surface area contributed by atoms with Crippen molar-refractivity contribution in [3.63, 3.8) is 0 Å². The van der Waals surface area contributed by atoms with Crippen molar-refractivity contribution in [2.24, 2.45) is 12.0 Å². The third-order valence-corrected chi connectivity index (χ3v) is 4.73. The summed E-state index contributed by atoms with van der Waals surface area (Å²) in [7, 11) is 1.96. The zero-order valence-electron chi connectivity index (χ0n) is 10.9. The molecule has 17 heavy (non-hydrogen) atoms. The second-order valence-corrected chi connectivity index (χ2v) is 5.79. The molecule has 1 aliphatic rings. The molecule has 0 aliphatic carbocycles. The fraction of sp³-hybridized carbons (Fsp3) is 0.667. The number of nitrogens with one attached hydrogen (secondary N) is 1. The second kappa shape index (κ2) is 4.72. The van der Waals surface area contributed by atoms with E-state index in [9.17, 15) is 0 Å². The maximum Gasteiger partial charge on any atom is 0.157 e. The van der Waals surface area contributed by atoms with Gasteiger partial charge in [0.2, 0.25) is 0 Å². The van der Waals surface area contributed by atoms with E-state index in [4.69, 9.17) is 0 Å². The zero-order chi connectivity index (χ0) is 12.5. The molecule has 1 fully saturated rings. The number of rotatable bonds is 3. The van der Waals surface area contributed by atoms with Crippen LogP contribution in [0.1, 0.15) is 31.5 Å². The lowest BCUT2D eigenvalue weighted by Crippen LogP contribution is -2.39. The molecule has 94 valence electrons. The molecule has 0 bridgehead atoms. The van der Waals surface area contributed by atoms with E-state index in [1.807, 2.05) is 29.7 Å². The summed E-state index contributed by atoms with van der Waals surface area (Å²) in [5.41, 5.74) is 2.61. The van der Waals surface area contributed by atoms with Gasteiger partial charge in [-0.15, -0.1) is 0 Å². The van der Waals surface area contributed by atoms with Gasteiger partial charge in [-0.05, 0) is 20.3 Å². The van der Waals surface area contributed by atoms with E-state index in [1.54, 1.807) is 0 Å². The maximum atomic E-state index is 4.63. The van der Waals surface area contributed by atoms with Crippen molar-refractivity contribution in [1.29, 1.82) is 0 Å². The average molecular weight is 252 g/mol. The van der Waals surface area contributed by atoms with Gasteiger partial charge in [-0.1, -0.05) is 18.7 Å². The Morgan fingerprint density at radius 3 is 2.94 bits per heavy atom. The van der Waals surface area contributed by atoms with Crippen LogP contribution < -0.4 is 5.32 Å². The molecular formula is C12H20N4S. The van der Waals surface area contributed by atoms with Crippen molar-refractivity contribution in [2.45, 2.75) is 39.3 Å². The molecule has 0 radical (unpaired) electrons. The van der Waals surface area contributed by atoms with Crippen LogP contribution in [-0.4, -0.2) is 26.2 Å². The molecule has 1 aromatic rings. The van der Waals surface area contributed by atoms with Crippen molar-refractivity contribution in [3.05, 3.63) is 17.5 Å². The van der Waals surface area contributed by atoms with E-state index < -0.39 is 0 Å². The van der Waals surface area contributed by atoms with E-state index in [0.717, 1.165) is 23.9 Å². The highest BCUT2D eigenvalue weighted by Gasteiger charge is 2.30. The molecule has 1 N–H and O–H groups in total. The predicted octanol–water partition coefficient (Wildman–Crippen LogP) is 2.09. The minimum atomic E-state index is 0.216. The molecular weight excluding hydrogens is 232 g/mol. The van der Waals surface area contributed by atoms with Crippen LogP contribution in [0.5, 0.6) is 0 Å². The maximum absolute atomic E-state index is 4.63. The largest absolute Gasteiger partial charge is 0.359 e. The monoisotopic (exact) mass is 252 g/mol. The highest BCUT2D eigenvalue weighted by molar-refractivity contribution is 8.14. The van der Waals surface area contributed by atoms with E-state index in [-0.39, 0.29) is 5.54 Å². The van der Waals surface area contributed by atoms with Crippen molar-refractivity contribution in [2.75, 3.05) is 5.75 Å². The number of amidine groups is 1. The molecule has 2 rings (SSSR count). The van der Waals surface area contributed by atoms with Crippen LogP contribution >= 0.6 is 11.8 Å². The summed E-state index contributed by atoms with van der Waals surface area (Å²) in [6.07, 6.45) is 3.03. The summed E-state index contributed by atoms with van der Waals surface area (Å²) in [5.74, 6) is 1.11. The Kier molecular flexibility index (Phi) is 3.47. The van der Waals surface area contributed by atoms with E-state index >= 15 is 0 Å². The quantitative estimate of drug-likeness (QED) is 0.895. The highest BCUT2D eigenvalue weighted by atomic mass is 32.2. The van der Waals surface area contributed by atoms with Gasteiger partial charge in [-0.3, -0.25) is 9.67 Å². The van der Waals surface area contributed by atoms with Gasteiger partial charge < -0.3 is 5.32 Å². The number of aryl methyl sites for hydroxylation is 1. The Morgan fingerprint density at radius 2 is 2.41 bits per heavy atom. The first kappa shape index (κ1) is 12.5. The summed E-state index contributed by atoms with van der Waals surface area (Å²) in [4.78, 5) is 4.63. The highest BCUT2D eigenvalue weighted by Crippen LogP contribution is 2.25. The first-order chi connectivity index (χ1) is 8.04. The van der Waals surface area contributed by atoms with Gasteiger partial charge in [-0.25, -0.2) is 0 Å². The van der Waals surface area contributed by atoms with Gasteiger partial charge in [0.05, 0.1) is 12.7 Å². The van der Waals surface area contributed by atoms with Gasteiger partial charge in [0.25, 0.3) is 0 Å². The summed E-state index contributed by atoms with van der Waals surface area (Å²) in [6.45, 7) is 7.25. The fourth-order valence-electron chi connectivity index (χ4n) is 1.69. The zero-order valence-corrected chi connectivity index (χ0v) is 11.8. The molecule has 5 heteroatoms. The Labute approximate surface area is 107 Å². The lowest BCUT2D eigenvalue weighted by molar-refractivity contribution is 0.466. The van der Waals surface area contributed by atoms with Gasteiger partial charge in [0, 0.05) is 29.6 Å². The van der Waals surface area contributed by atoms with Crippen LogP contribution in [0, 0.1) is 6.92 Å². The van der Waals surface area contributed by atoms with E-state index in [2.05, 4.69) is 36.2 Å². The molecule has 2 heterocycles. The number of thioether (sulfide) groups is 1. The molecule has 1 unspecified atom stereocenters. The molecule has 0 amide bonds. The third kappa shape index (κ3) is 2.65. The van der Waals surface area contributed by atoms with Crippen LogP contribution in [0.2, 0.25) is 0 Å². The first-order valence-electron chi connectivity index (χ1n) is 5.97. The molecule has 1 aliphatic heterocycles. The summed E-state index contributed by atoms with van der Waals surface area (Å²) >= 11 is 1.82. The van der Waals surface area contributed by atoms with E-state index in [0.29, 0.717) is 0 Å². The van der Waals surface area contributed by atoms with Gasteiger partial charge >= 0.3 is 0 Å². The Hall–Kier alpha value is -0.970. The number of nitrogens with zero attached hydrogens (tertiary/aromatic N) is 3. The summed E-state index contributed by atoms with van der Waals surface area (Å²) in [6, 6.07) is 0. The van der Waals surface area contributed by atoms with Gasteiger partial charge in [-0.2, -0.15) is 5.10 Å². The van der Waals surface area contributed by atoms with Crippen molar-refractivity contribution in [1.82, 2.24) is 15.1 Å². The molecule has 0 aromatic carbocycles. The predicted molar refractivity (Wildman–Crippen MR) is 73.4 cm³/mol. The number of aliphatic imine (C=N–C) groups is 1. The Morgan fingerprint density at radius 1 is 1.65 bits per heavy atom. The lowest BCUT2D eigenvalue weighted by atomic mass is 10.0. The standard InChI is InChI=1S/C12H20N4S/c1-5-12(3)8-17-11(15-12)13-6-10-7-14-16(4)9(10)2/h7H,5-6,8H2,1-4H3,(H,13,15). The minimum Gasteiger partial charge on any atom is -0.359 e. The normalized spacial score (nSPS) is 26.5. The average Bonchev–Trinajstić information content (AvgIpc) is 2.84. The van der Waals surface area contributed by atoms with Gasteiger partial charge in [0.1, 0.15) is 0 Å². The molecule has 1 aromatic heterocycles. The topological polar surface area (TPSA) is 42.2 Å². The van der Waals surface area contributed by atoms with Crippen LogP contribution in [0.4, 0.5) is 0 Å². The van der Waals surface area contributed by atoms with Crippen LogP contribution in [0.15, 0.2) is 11.2 Å². The molecule has 1 saturated heterocycles. The minimum absolute atomic E-state index is 0.216. The number of aromatic nitrogens is 2. The number of hydrogen-bond acceptors (Lipinski definition) is 3. The Balaban J connectivity index is 2.01.